The van der Waals surface area contributed by atoms with Crippen molar-refractivity contribution in [3.05, 3.63) is 41.7 Å². The molecule has 0 saturated heterocycles. The third-order valence-electron chi connectivity index (χ3n) is 3.33. The number of aryl methyl sites for hydroxylation is 2. The van der Waals surface area contributed by atoms with Crippen LogP contribution in [0.4, 0.5) is 0 Å². The predicted molar refractivity (Wildman–Crippen MR) is 64.8 cm³/mol. The molecule has 0 aliphatic heterocycles. The van der Waals surface area contributed by atoms with E-state index in [9.17, 15) is 0 Å². The van der Waals surface area contributed by atoms with Gasteiger partial charge in [0.15, 0.2) is 0 Å². The molecule has 1 aromatic carbocycles. The van der Waals surface area contributed by atoms with Crippen LogP contribution < -0.4 is 0 Å². The van der Waals surface area contributed by atoms with E-state index in [-0.39, 0.29) is 0 Å². The van der Waals surface area contributed by atoms with E-state index < -0.39 is 0 Å². The Kier molecular flexibility index (Phi) is 1.75. The van der Waals surface area contributed by atoms with Crippen LogP contribution in [0.5, 0.6) is 0 Å². The quantitative estimate of drug-likeness (QED) is 0.588. The minimum Gasteiger partial charge on any atom is -0.320 e. The van der Waals surface area contributed by atoms with E-state index in [1.54, 1.807) is 0 Å². The minimum atomic E-state index is 1.19. The fourth-order valence-corrected chi connectivity index (χ4v) is 2.62. The fraction of sp³-hybridized carbons (Fsp3) is 0.286. The lowest BCUT2D eigenvalue weighted by atomic mass is 10.1. The van der Waals surface area contributed by atoms with Gasteiger partial charge in [0.05, 0.1) is 5.52 Å². The molecular weight excluding hydrogens is 182 g/mol. The number of rotatable bonds is 2. The second-order valence-corrected chi connectivity index (χ2v) is 4.24. The van der Waals surface area contributed by atoms with Gasteiger partial charge in [0.2, 0.25) is 0 Å². The lowest BCUT2D eigenvalue weighted by Gasteiger charge is -1.98. The Morgan fingerprint density at radius 2 is 2.07 bits per heavy atom. The van der Waals surface area contributed by atoms with E-state index in [1.807, 2.05) is 0 Å². The van der Waals surface area contributed by atoms with Gasteiger partial charge in [-0.25, -0.2) is 0 Å². The molecule has 3 aromatic rings. The maximum Gasteiger partial charge on any atom is 0.0600 e. The standard InChI is InChI=1S/C14H15N/c1-3-5-12-10(2)15-9-8-11-6-4-7-13(12)14(11)15/h4,6-9H,3,5H2,1-2H3. The summed E-state index contributed by atoms with van der Waals surface area (Å²) in [5.41, 5.74) is 4.34. The third-order valence-corrected chi connectivity index (χ3v) is 3.33. The van der Waals surface area contributed by atoms with Crippen molar-refractivity contribution in [3.8, 4) is 0 Å². The van der Waals surface area contributed by atoms with Crippen molar-refractivity contribution in [2.45, 2.75) is 26.7 Å². The lowest BCUT2D eigenvalue weighted by Crippen LogP contribution is -1.87. The molecule has 1 heteroatoms. The number of hydrogen-bond acceptors (Lipinski definition) is 0. The van der Waals surface area contributed by atoms with Gasteiger partial charge < -0.3 is 4.40 Å². The van der Waals surface area contributed by atoms with Crippen molar-refractivity contribution in [2.75, 3.05) is 0 Å². The van der Waals surface area contributed by atoms with Gasteiger partial charge in [-0.05, 0) is 25.0 Å². The zero-order valence-electron chi connectivity index (χ0n) is 9.25. The van der Waals surface area contributed by atoms with Gasteiger partial charge in [-0.1, -0.05) is 31.5 Å². The van der Waals surface area contributed by atoms with Crippen LogP contribution in [0.25, 0.3) is 16.3 Å². The normalized spacial score (nSPS) is 11.9. The second kappa shape index (κ2) is 2.99. The Morgan fingerprint density at radius 3 is 2.87 bits per heavy atom. The van der Waals surface area contributed by atoms with Crippen LogP contribution in [-0.4, -0.2) is 4.40 Å². The second-order valence-electron chi connectivity index (χ2n) is 4.24. The van der Waals surface area contributed by atoms with Crippen molar-refractivity contribution in [1.29, 1.82) is 0 Å². The van der Waals surface area contributed by atoms with Crippen LogP contribution in [0.15, 0.2) is 30.5 Å². The molecule has 2 aromatic heterocycles. The first-order chi connectivity index (χ1) is 7.33. The Hall–Kier alpha value is -1.50. The van der Waals surface area contributed by atoms with Gasteiger partial charge in [-0.2, -0.15) is 0 Å². The monoisotopic (exact) mass is 197 g/mol. The third kappa shape index (κ3) is 1.03. The van der Waals surface area contributed by atoms with E-state index in [0.717, 1.165) is 0 Å². The Morgan fingerprint density at radius 1 is 1.20 bits per heavy atom. The molecule has 0 N–H and O–H groups in total. The summed E-state index contributed by atoms with van der Waals surface area (Å²) in [7, 11) is 0. The van der Waals surface area contributed by atoms with Crippen molar-refractivity contribution in [2.24, 2.45) is 0 Å². The molecule has 0 radical (unpaired) electrons. The van der Waals surface area contributed by atoms with Crippen LogP contribution in [0.1, 0.15) is 24.6 Å². The molecule has 0 aliphatic rings. The Balaban J connectivity index is 2.48. The number of benzene rings is 1. The summed E-state index contributed by atoms with van der Waals surface area (Å²) >= 11 is 0. The molecule has 0 amide bonds. The van der Waals surface area contributed by atoms with Gasteiger partial charge >= 0.3 is 0 Å². The van der Waals surface area contributed by atoms with Crippen LogP contribution in [-0.2, 0) is 6.42 Å². The van der Waals surface area contributed by atoms with Crippen LogP contribution >= 0.6 is 0 Å². The molecule has 0 bridgehead atoms. The maximum atomic E-state index is 2.33. The van der Waals surface area contributed by atoms with Crippen molar-refractivity contribution in [3.63, 3.8) is 0 Å². The van der Waals surface area contributed by atoms with Gasteiger partial charge in [0.1, 0.15) is 0 Å². The highest BCUT2D eigenvalue weighted by molar-refractivity contribution is 5.99. The molecule has 1 nitrogen and oxygen atoms in total. The molecular formula is C14H15N. The molecule has 0 aliphatic carbocycles. The topological polar surface area (TPSA) is 4.41 Å². The first kappa shape index (κ1) is 8.78. The van der Waals surface area contributed by atoms with E-state index in [4.69, 9.17) is 0 Å². The number of para-hydroxylation sites is 1. The molecule has 0 spiro atoms. The smallest absolute Gasteiger partial charge is 0.0600 e. The molecule has 0 unspecified atom stereocenters. The summed E-state index contributed by atoms with van der Waals surface area (Å²) in [5, 5.41) is 2.80. The highest BCUT2D eigenvalue weighted by Crippen LogP contribution is 2.30. The maximum absolute atomic E-state index is 2.33. The summed E-state index contributed by atoms with van der Waals surface area (Å²) in [6.45, 7) is 4.47. The van der Waals surface area contributed by atoms with Gasteiger partial charge in [0.25, 0.3) is 0 Å². The highest BCUT2D eigenvalue weighted by Gasteiger charge is 2.13. The summed E-state index contributed by atoms with van der Waals surface area (Å²) in [5.74, 6) is 0. The van der Waals surface area contributed by atoms with E-state index in [1.165, 1.54) is 40.4 Å². The van der Waals surface area contributed by atoms with Crippen molar-refractivity contribution >= 4 is 16.3 Å². The average molecular weight is 197 g/mol. The minimum absolute atomic E-state index is 1.19. The molecule has 15 heavy (non-hydrogen) atoms. The number of nitrogens with zero attached hydrogens (tertiary/aromatic N) is 1. The first-order valence-electron chi connectivity index (χ1n) is 5.63. The highest BCUT2D eigenvalue weighted by atomic mass is 14.9. The molecule has 3 rings (SSSR count). The largest absolute Gasteiger partial charge is 0.320 e. The number of hydrogen-bond donors (Lipinski definition) is 0. The van der Waals surface area contributed by atoms with Gasteiger partial charge in [-0.3, -0.25) is 0 Å². The molecule has 2 heterocycles. The Labute approximate surface area is 89.7 Å². The Bertz CT molecular complexity index is 604. The summed E-state index contributed by atoms with van der Waals surface area (Å²) in [6, 6.07) is 8.80. The van der Waals surface area contributed by atoms with Crippen LogP contribution in [0.2, 0.25) is 0 Å². The van der Waals surface area contributed by atoms with E-state index in [2.05, 4.69) is 48.7 Å². The van der Waals surface area contributed by atoms with Gasteiger partial charge in [-0.15, -0.1) is 0 Å². The molecule has 0 fully saturated rings. The average Bonchev–Trinajstić information content (AvgIpc) is 2.78. The summed E-state index contributed by atoms with van der Waals surface area (Å²) < 4.78 is 2.33. The van der Waals surface area contributed by atoms with Crippen molar-refractivity contribution in [1.82, 2.24) is 4.40 Å². The zero-order valence-corrected chi connectivity index (χ0v) is 9.25. The molecule has 0 saturated carbocycles. The van der Waals surface area contributed by atoms with Crippen LogP contribution in [0.3, 0.4) is 0 Å². The van der Waals surface area contributed by atoms with E-state index >= 15 is 0 Å². The first-order valence-corrected chi connectivity index (χ1v) is 5.63. The summed E-state index contributed by atoms with van der Waals surface area (Å²) in [6.07, 6.45) is 4.59. The lowest BCUT2D eigenvalue weighted by molar-refractivity contribution is 0.911. The van der Waals surface area contributed by atoms with Crippen molar-refractivity contribution < 1.29 is 0 Å². The SMILES string of the molecule is CCCc1c(C)n2ccc3cccc1c32. The zero-order chi connectivity index (χ0) is 10.4. The van der Waals surface area contributed by atoms with Gasteiger partial charge in [0, 0.05) is 22.7 Å². The molecule has 0 atom stereocenters. The fourth-order valence-electron chi connectivity index (χ4n) is 2.62. The molecule has 76 valence electrons. The number of aromatic nitrogens is 1. The van der Waals surface area contributed by atoms with E-state index in [0.29, 0.717) is 0 Å². The van der Waals surface area contributed by atoms with Crippen LogP contribution in [0, 0.1) is 6.92 Å². The predicted octanol–water partition coefficient (Wildman–Crippen LogP) is 3.79. The summed E-state index contributed by atoms with van der Waals surface area (Å²) in [4.78, 5) is 0.